The summed E-state index contributed by atoms with van der Waals surface area (Å²) in [6.45, 7) is 3.67. The largest absolute Gasteiger partial charge is 0.573 e. The number of nitrogens with one attached hydrogen (secondary N) is 2. The molecule has 9 nitrogen and oxygen atoms in total. The molecule has 0 spiro atoms. The van der Waals surface area contributed by atoms with Gasteiger partial charge >= 0.3 is 6.36 Å². The van der Waals surface area contributed by atoms with E-state index in [4.69, 9.17) is 4.74 Å². The maximum atomic E-state index is 12.6. The fourth-order valence-electron chi connectivity index (χ4n) is 3.93. The number of anilines is 1. The molecule has 0 atom stereocenters. The molecular formula is C24H26F3N5O4S. The number of alkyl halides is 3. The van der Waals surface area contributed by atoms with Gasteiger partial charge in [-0.2, -0.15) is 0 Å². The summed E-state index contributed by atoms with van der Waals surface area (Å²) in [7, 11) is 1.55. The SMILES string of the molecule is COCc1cc(=O)[nH]c(N2CCN(Cc3ccc(C(=O)NCc4ccccc4OC(F)(F)F)s3)CC2)n1. The van der Waals surface area contributed by atoms with Crippen molar-refractivity contribution in [3.8, 4) is 5.75 Å². The number of amides is 1. The maximum Gasteiger partial charge on any atom is 0.573 e. The lowest BCUT2D eigenvalue weighted by Gasteiger charge is -2.34. The predicted molar refractivity (Wildman–Crippen MR) is 132 cm³/mol. The Hall–Kier alpha value is -3.42. The number of hydrogen-bond acceptors (Lipinski definition) is 8. The van der Waals surface area contributed by atoms with Crippen LogP contribution in [0.5, 0.6) is 5.75 Å². The maximum absolute atomic E-state index is 12.6. The van der Waals surface area contributed by atoms with E-state index in [-0.39, 0.29) is 35.9 Å². The molecule has 4 rings (SSSR count). The molecule has 1 aromatic carbocycles. The van der Waals surface area contributed by atoms with Crippen LogP contribution in [-0.4, -0.2) is 60.4 Å². The summed E-state index contributed by atoms with van der Waals surface area (Å²) in [6, 6.07) is 10.7. The van der Waals surface area contributed by atoms with Crippen molar-refractivity contribution >= 4 is 23.2 Å². The molecule has 0 aliphatic carbocycles. The average Bonchev–Trinajstić information content (AvgIpc) is 3.31. The van der Waals surface area contributed by atoms with Crippen LogP contribution in [-0.2, 0) is 24.4 Å². The third kappa shape index (κ3) is 7.54. The molecule has 0 bridgehead atoms. The molecule has 0 unspecified atom stereocenters. The van der Waals surface area contributed by atoms with Crippen molar-refractivity contribution in [3.05, 3.63) is 73.8 Å². The first kappa shape index (κ1) is 26.6. The highest BCUT2D eigenvalue weighted by molar-refractivity contribution is 7.14. The summed E-state index contributed by atoms with van der Waals surface area (Å²) in [5.41, 5.74) is 0.580. The number of rotatable bonds is 9. The molecule has 1 aliphatic heterocycles. The first-order valence-electron chi connectivity index (χ1n) is 11.5. The van der Waals surface area contributed by atoms with Gasteiger partial charge in [0.1, 0.15) is 5.75 Å². The van der Waals surface area contributed by atoms with E-state index in [9.17, 15) is 22.8 Å². The summed E-state index contributed by atoms with van der Waals surface area (Å²) in [4.78, 5) is 37.5. The Morgan fingerprint density at radius 1 is 1.16 bits per heavy atom. The van der Waals surface area contributed by atoms with Gasteiger partial charge in [0.05, 0.1) is 17.2 Å². The lowest BCUT2D eigenvalue weighted by molar-refractivity contribution is -0.274. The summed E-state index contributed by atoms with van der Waals surface area (Å²) >= 11 is 1.34. The summed E-state index contributed by atoms with van der Waals surface area (Å²) in [6.07, 6.45) is -4.81. The molecule has 1 aliphatic rings. The van der Waals surface area contributed by atoms with Crippen LogP contribution in [0.15, 0.2) is 47.3 Å². The van der Waals surface area contributed by atoms with E-state index in [1.165, 1.54) is 35.6 Å². The smallest absolute Gasteiger partial charge is 0.405 e. The van der Waals surface area contributed by atoms with Gasteiger partial charge in [0.15, 0.2) is 0 Å². The van der Waals surface area contributed by atoms with Crippen LogP contribution in [0.4, 0.5) is 19.1 Å². The van der Waals surface area contributed by atoms with E-state index in [2.05, 4.69) is 24.9 Å². The molecular weight excluding hydrogens is 511 g/mol. The van der Waals surface area contributed by atoms with Crippen molar-refractivity contribution in [2.75, 3.05) is 38.2 Å². The van der Waals surface area contributed by atoms with Crippen LogP contribution in [0.3, 0.4) is 0 Å². The molecule has 37 heavy (non-hydrogen) atoms. The number of benzene rings is 1. The van der Waals surface area contributed by atoms with Gasteiger partial charge in [-0.15, -0.1) is 24.5 Å². The Kier molecular flexibility index (Phi) is 8.46. The number of para-hydroxylation sites is 1. The van der Waals surface area contributed by atoms with Crippen molar-refractivity contribution in [2.45, 2.75) is 26.1 Å². The standard InChI is InChI=1S/C24H26F3N5O4S/c1-35-15-17-12-21(33)30-23(29-17)32-10-8-31(9-11-32)14-18-6-7-20(37-18)22(34)28-13-16-4-2-3-5-19(16)36-24(25,26)27/h2-7,12H,8-11,13-15H2,1H3,(H,28,34)(H,29,30,33). The number of methoxy groups -OCH3 is 1. The molecule has 1 saturated heterocycles. The van der Waals surface area contributed by atoms with Gasteiger partial charge in [-0.1, -0.05) is 18.2 Å². The third-order valence-corrected chi connectivity index (χ3v) is 6.72. The normalized spacial score (nSPS) is 14.5. The lowest BCUT2D eigenvalue weighted by Crippen LogP contribution is -2.46. The fraction of sp³-hybridized carbons (Fsp3) is 0.375. The number of aromatic amines is 1. The molecule has 13 heteroatoms. The molecule has 3 aromatic rings. The second kappa shape index (κ2) is 11.8. The number of carbonyl (C=O) groups excluding carboxylic acids is 1. The van der Waals surface area contributed by atoms with E-state index in [1.54, 1.807) is 19.2 Å². The number of piperazine rings is 1. The number of carbonyl (C=O) groups is 1. The van der Waals surface area contributed by atoms with Crippen LogP contribution >= 0.6 is 11.3 Å². The van der Waals surface area contributed by atoms with Crippen LogP contribution < -0.4 is 20.5 Å². The van der Waals surface area contributed by atoms with Crippen molar-refractivity contribution in [1.82, 2.24) is 20.2 Å². The number of ether oxygens (including phenoxy) is 2. The predicted octanol–water partition coefficient (Wildman–Crippen LogP) is 3.13. The highest BCUT2D eigenvalue weighted by Gasteiger charge is 2.32. The quantitative estimate of drug-likeness (QED) is 0.433. The fourth-order valence-corrected chi connectivity index (χ4v) is 4.89. The van der Waals surface area contributed by atoms with Gasteiger partial charge in [-0.05, 0) is 18.2 Å². The monoisotopic (exact) mass is 537 g/mol. The van der Waals surface area contributed by atoms with Gasteiger partial charge in [0.25, 0.3) is 11.5 Å². The molecule has 1 fully saturated rings. The Morgan fingerprint density at radius 2 is 1.92 bits per heavy atom. The second-order valence-electron chi connectivity index (χ2n) is 8.36. The zero-order chi connectivity index (χ0) is 26.4. The molecule has 0 saturated carbocycles. The van der Waals surface area contributed by atoms with E-state index >= 15 is 0 Å². The van der Waals surface area contributed by atoms with E-state index in [1.807, 2.05) is 11.0 Å². The van der Waals surface area contributed by atoms with Gasteiger partial charge in [-0.3, -0.25) is 19.5 Å². The highest BCUT2D eigenvalue weighted by Crippen LogP contribution is 2.26. The minimum Gasteiger partial charge on any atom is -0.405 e. The molecule has 1 amide bonds. The number of nitrogens with zero attached hydrogens (tertiary/aromatic N) is 3. The summed E-state index contributed by atoms with van der Waals surface area (Å²) < 4.78 is 46.9. The van der Waals surface area contributed by atoms with Crippen molar-refractivity contribution in [2.24, 2.45) is 0 Å². The average molecular weight is 538 g/mol. The number of hydrogen-bond donors (Lipinski definition) is 2. The van der Waals surface area contributed by atoms with Crippen molar-refractivity contribution in [1.29, 1.82) is 0 Å². The van der Waals surface area contributed by atoms with Crippen LogP contribution in [0.25, 0.3) is 0 Å². The molecule has 2 aromatic heterocycles. The van der Waals surface area contributed by atoms with E-state index in [0.29, 0.717) is 36.2 Å². The number of aromatic nitrogens is 2. The first-order valence-corrected chi connectivity index (χ1v) is 12.3. The minimum atomic E-state index is -4.81. The van der Waals surface area contributed by atoms with Crippen LogP contribution in [0.2, 0.25) is 0 Å². The Morgan fingerprint density at radius 3 is 2.65 bits per heavy atom. The Labute approximate surface area is 214 Å². The molecule has 198 valence electrons. The van der Waals surface area contributed by atoms with Crippen molar-refractivity contribution in [3.63, 3.8) is 0 Å². The molecule has 3 heterocycles. The first-order chi connectivity index (χ1) is 17.7. The summed E-state index contributed by atoms with van der Waals surface area (Å²) in [5, 5.41) is 2.66. The molecule has 2 N–H and O–H groups in total. The lowest BCUT2D eigenvalue weighted by atomic mass is 10.2. The van der Waals surface area contributed by atoms with Gasteiger partial charge in [0, 0.05) is 62.9 Å². The second-order valence-corrected chi connectivity index (χ2v) is 9.53. The van der Waals surface area contributed by atoms with Gasteiger partial charge < -0.3 is 19.7 Å². The van der Waals surface area contributed by atoms with E-state index in [0.717, 1.165) is 18.0 Å². The van der Waals surface area contributed by atoms with Crippen LogP contribution in [0, 0.1) is 0 Å². The van der Waals surface area contributed by atoms with E-state index < -0.39 is 6.36 Å². The summed E-state index contributed by atoms with van der Waals surface area (Å²) in [5.74, 6) is -0.184. The third-order valence-electron chi connectivity index (χ3n) is 5.65. The van der Waals surface area contributed by atoms with Crippen LogP contribution in [0.1, 0.15) is 25.8 Å². The van der Waals surface area contributed by atoms with Gasteiger partial charge in [-0.25, -0.2) is 4.98 Å². The number of H-pyrrole nitrogens is 1. The number of thiophene rings is 1. The number of halogens is 3. The zero-order valence-corrected chi connectivity index (χ0v) is 20.8. The Balaban J connectivity index is 1.29. The zero-order valence-electron chi connectivity index (χ0n) is 20.0. The highest BCUT2D eigenvalue weighted by atomic mass is 32.1. The minimum absolute atomic E-state index is 0.0952. The Bertz CT molecular complexity index is 1270. The topological polar surface area (TPSA) is 99.8 Å². The van der Waals surface area contributed by atoms with Crippen molar-refractivity contribution < 1.29 is 27.4 Å². The molecule has 0 radical (unpaired) electrons. The van der Waals surface area contributed by atoms with Gasteiger partial charge in [0.2, 0.25) is 5.95 Å².